The van der Waals surface area contributed by atoms with E-state index in [1.807, 2.05) is 4.90 Å². The highest BCUT2D eigenvalue weighted by atomic mass is 16.3. The molecule has 0 radical (unpaired) electrons. The van der Waals surface area contributed by atoms with Crippen LogP contribution in [0.4, 0.5) is 0 Å². The van der Waals surface area contributed by atoms with E-state index in [2.05, 4.69) is 27.7 Å². The largest absolute Gasteiger partial charge is 0.396 e. The van der Waals surface area contributed by atoms with Gasteiger partial charge in [-0.1, -0.05) is 27.7 Å². The van der Waals surface area contributed by atoms with Crippen LogP contribution in [0.5, 0.6) is 0 Å². The lowest BCUT2D eigenvalue weighted by molar-refractivity contribution is -0.132. The van der Waals surface area contributed by atoms with Gasteiger partial charge in [0, 0.05) is 25.6 Å². The Labute approximate surface area is 104 Å². The van der Waals surface area contributed by atoms with Gasteiger partial charge < -0.3 is 10.0 Å². The van der Waals surface area contributed by atoms with E-state index in [0.29, 0.717) is 11.8 Å². The van der Waals surface area contributed by atoms with Gasteiger partial charge in [0.05, 0.1) is 0 Å². The monoisotopic (exact) mass is 239 g/mol. The molecule has 2 rings (SSSR count). The van der Waals surface area contributed by atoms with Gasteiger partial charge in [-0.05, 0) is 29.6 Å². The molecule has 1 saturated heterocycles. The molecule has 0 bridgehead atoms. The summed E-state index contributed by atoms with van der Waals surface area (Å²) in [5, 5.41) is 8.94. The number of hydrogen-bond acceptors (Lipinski definition) is 2. The van der Waals surface area contributed by atoms with Crippen LogP contribution in [-0.4, -0.2) is 35.6 Å². The van der Waals surface area contributed by atoms with Gasteiger partial charge in [-0.3, -0.25) is 4.79 Å². The number of aliphatic hydroxyl groups is 1. The van der Waals surface area contributed by atoms with Crippen LogP contribution in [0.25, 0.3) is 0 Å². The smallest absolute Gasteiger partial charge is 0.226 e. The van der Waals surface area contributed by atoms with Crippen LogP contribution in [0.15, 0.2) is 0 Å². The Morgan fingerprint density at radius 3 is 2.35 bits per heavy atom. The van der Waals surface area contributed by atoms with Crippen LogP contribution < -0.4 is 0 Å². The van der Waals surface area contributed by atoms with E-state index >= 15 is 0 Å². The Morgan fingerprint density at radius 2 is 1.88 bits per heavy atom. The Kier molecular flexibility index (Phi) is 3.01. The first-order valence-corrected chi connectivity index (χ1v) is 6.72. The quantitative estimate of drug-likeness (QED) is 0.817. The van der Waals surface area contributed by atoms with E-state index in [9.17, 15) is 4.79 Å². The highest BCUT2D eigenvalue weighted by Crippen LogP contribution is 2.68. The topological polar surface area (TPSA) is 40.5 Å². The molecule has 17 heavy (non-hydrogen) atoms. The number of hydrogen-bond donors (Lipinski definition) is 1. The Bertz CT molecular complexity index is 308. The fourth-order valence-electron chi connectivity index (χ4n) is 3.45. The number of likely N-dealkylation sites (tertiary alicyclic amines) is 1. The standard InChI is InChI=1S/C14H25NO2/c1-13(2)11(14(13,3)4)12(17)15-7-5-10(9-15)6-8-16/h10-11,16H,5-9H2,1-4H3. The van der Waals surface area contributed by atoms with E-state index in [4.69, 9.17) is 5.11 Å². The highest BCUT2D eigenvalue weighted by molar-refractivity contribution is 5.84. The molecule has 0 aromatic rings. The second-order valence-corrected chi connectivity index (χ2v) is 6.83. The maximum Gasteiger partial charge on any atom is 0.226 e. The molecule has 1 unspecified atom stereocenters. The highest BCUT2D eigenvalue weighted by Gasteiger charge is 2.68. The van der Waals surface area contributed by atoms with Gasteiger partial charge in [0.25, 0.3) is 0 Å². The van der Waals surface area contributed by atoms with Crippen molar-refractivity contribution in [3.05, 3.63) is 0 Å². The Hall–Kier alpha value is -0.570. The summed E-state index contributed by atoms with van der Waals surface area (Å²) in [6.07, 6.45) is 1.89. The third kappa shape index (κ3) is 1.88. The average molecular weight is 239 g/mol. The van der Waals surface area contributed by atoms with Gasteiger partial charge in [0.2, 0.25) is 5.91 Å². The number of carbonyl (C=O) groups excluding carboxylic acids is 1. The zero-order valence-electron chi connectivity index (χ0n) is 11.5. The number of nitrogens with zero attached hydrogens (tertiary/aromatic N) is 1. The Morgan fingerprint density at radius 1 is 1.29 bits per heavy atom. The molecule has 1 N–H and O–H groups in total. The van der Waals surface area contributed by atoms with Crippen molar-refractivity contribution in [1.29, 1.82) is 0 Å². The van der Waals surface area contributed by atoms with E-state index in [1.165, 1.54) is 0 Å². The van der Waals surface area contributed by atoms with Gasteiger partial charge in [-0.15, -0.1) is 0 Å². The minimum absolute atomic E-state index is 0.138. The van der Waals surface area contributed by atoms with Crippen LogP contribution in [-0.2, 0) is 4.79 Å². The number of amides is 1. The first kappa shape index (κ1) is 12.9. The zero-order chi connectivity index (χ0) is 12.8. The van der Waals surface area contributed by atoms with Gasteiger partial charge in [0.15, 0.2) is 0 Å². The van der Waals surface area contributed by atoms with Crippen molar-refractivity contribution < 1.29 is 9.90 Å². The second-order valence-electron chi connectivity index (χ2n) is 6.83. The van der Waals surface area contributed by atoms with Crippen LogP contribution in [0, 0.1) is 22.7 Å². The molecular formula is C14H25NO2. The van der Waals surface area contributed by atoms with Crippen molar-refractivity contribution in [3.63, 3.8) is 0 Å². The van der Waals surface area contributed by atoms with Crippen LogP contribution in [0.1, 0.15) is 40.5 Å². The van der Waals surface area contributed by atoms with Crippen molar-refractivity contribution in [2.45, 2.75) is 40.5 Å². The summed E-state index contributed by atoms with van der Waals surface area (Å²) >= 11 is 0. The molecule has 1 saturated carbocycles. The van der Waals surface area contributed by atoms with Crippen molar-refractivity contribution in [1.82, 2.24) is 4.90 Å². The molecule has 3 nitrogen and oxygen atoms in total. The summed E-state index contributed by atoms with van der Waals surface area (Å²) in [6.45, 7) is 10.7. The predicted octanol–water partition coefficient (Wildman–Crippen LogP) is 1.90. The molecule has 1 heterocycles. The lowest BCUT2D eigenvalue weighted by Gasteiger charge is -2.17. The summed E-state index contributed by atoms with van der Waals surface area (Å²) in [5.74, 6) is 1.03. The SMILES string of the molecule is CC1(C)C(C(=O)N2CCC(CCO)C2)C1(C)C. The average Bonchev–Trinajstić information content (AvgIpc) is 2.59. The first-order valence-electron chi connectivity index (χ1n) is 6.72. The number of rotatable bonds is 3. The van der Waals surface area contributed by atoms with Crippen molar-refractivity contribution >= 4 is 5.91 Å². The summed E-state index contributed by atoms with van der Waals surface area (Å²) in [5.41, 5.74) is 0.276. The molecule has 2 fully saturated rings. The normalized spacial score (nSPS) is 30.6. The Balaban J connectivity index is 1.95. The molecule has 0 aromatic heterocycles. The molecule has 2 aliphatic rings. The van der Waals surface area contributed by atoms with E-state index in [0.717, 1.165) is 25.9 Å². The van der Waals surface area contributed by atoms with E-state index in [1.54, 1.807) is 0 Å². The van der Waals surface area contributed by atoms with Crippen molar-refractivity contribution in [2.75, 3.05) is 19.7 Å². The molecule has 3 heteroatoms. The summed E-state index contributed by atoms with van der Waals surface area (Å²) in [6, 6.07) is 0. The van der Waals surface area contributed by atoms with E-state index < -0.39 is 0 Å². The van der Waals surface area contributed by atoms with Gasteiger partial charge >= 0.3 is 0 Å². The maximum absolute atomic E-state index is 12.5. The zero-order valence-corrected chi connectivity index (χ0v) is 11.5. The predicted molar refractivity (Wildman–Crippen MR) is 67.4 cm³/mol. The number of aliphatic hydroxyl groups excluding tert-OH is 1. The minimum atomic E-state index is 0.138. The summed E-state index contributed by atoms with van der Waals surface area (Å²) in [7, 11) is 0. The van der Waals surface area contributed by atoms with Crippen LogP contribution in [0.2, 0.25) is 0 Å². The lowest BCUT2D eigenvalue weighted by Crippen LogP contribution is -2.32. The van der Waals surface area contributed by atoms with Crippen molar-refractivity contribution in [3.8, 4) is 0 Å². The second kappa shape index (κ2) is 3.98. The van der Waals surface area contributed by atoms with Crippen molar-refractivity contribution in [2.24, 2.45) is 22.7 Å². The molecule has 0 aromatic carbocycles. The lowest BCUT2D eigenvalue weighted by atomic mass is 10.0. The first-order chi connectivity index (χ1) is 7.82. The summed E-state index contributed by atoms with van der Waals surface area (Å²) < 4.78 is 0. The molecule has 98 valence electrons. The van der Waals surface area contributed by atoms with Crippen LogP contribution in [0.3, 0.4) is 0 Å². The third-order valence-corrected chi connectivity index (χ3v) is 5.40. The maximum atomic E-state index is 12.5. The van der Waals surface area contributed by atoms with Gasteiger partial charge in [-0.25, -0.2) is 0 Å². The summed E-state index contributed by atoms with van der Waals surface area (Å²) in [4.78, 5) is 14.5. The molecule has 1 aliphatic heterocycles. The van der Waals surface area contributed by atoms with Gasteiger partial charge in [-0.2, -0.15) is 0 Å². The number of carbonyl (C=O) groups is 1. The molecular weight excluding hydrogens is 214 g/mol. The fourth-order valence-corrected chi connectivity index (χ4v) is 3.45. The molecule has 1 atom stereocenters. The molecule has 1 aliphatic carbocycles. The fraction of sp³-hybridized carbons (Fsp3) is 0.929. The minimum Gasteiger partial charge on any atom is -0.396 e. The molecule has 1 amide bonds. The van der Waals surface area contributed by atoms with Gasteiger partial charge in [0.1, 0.15) is 0 Å². The van der Waals surface area contributed by atoms with E-state index in [-0.39, 0.29) is 23.4 Å². The molecule has 0 spiro atoms. The van der Waals surface area contributed by atoms with Crippen LogP contribution >= 0.6 is 0 Å². The third-order valence-electron chi connectivity index (χ3n) is 5.40.